The molecule has 22 heavy (non-hydrogen) atoms. The van der Waals surface area contributed by atoms with Gasteiger partial charge in [-0.05, 0) is 24.5 Å². The summed E-state index contributed by atoms with van der Waals surface area (Å²) in [7, 11) is 2.99. The van der Waals surface area contributed by atoms with Crippen molar-refractivity contribution in [3.63, 3.8) is 0 Å². The number of carbonyl (C=O) groups excluding carboxylic acids is 1. The highest BCUT2D eigenvalue weighted by Crippen LogP contribution is 2.24. The predicted molar refractivity (Wildman–Crippen MR) is 82.5 cm³/mol. The van der Waals surface area contributed by atoms with E-state index in [0.717, 1.165) is 0 Å². The molecule has 6 nitrogen and oxygen atoms in total. The van der Waals surface area contributed by atoms with Crippen molar-refractivity contribution in [2.75, 3.05) is 20.8 Å². The van der Waals surface area contributed by atoms with Gasteiger partial charge in [0.15, 0.2) is 0 Å². The molecule has 0 bridgehead atoms. The fourth-order valence-electron chi connectivity index (χ4n) is 2.14. The fraction of sp³-hybridized carbons (Fsp3) is 0.500. The van der Waals surface area contributed by atoms with Gasteiger partial charge in [0.05, 0.1) is 25.7 Å². The molecular weight excluding hydrogens is 286 g/mol. The predicted octanol–water partition coefficient (Wildman–Crippen LogP) is 2.18. The number of carbonyl (C=O) groups is 2. The van der Waals surface area contributed by atoms with Crippen LogP contribution in [0.4, 0.5) is 0 Å². The molecule has 0 aliphatic heterocycles. The van der Waals surface area contributed by atoms with E-state index < -0.39 is 11.9 Å². The number of hydrogen-bond acceptors (Lipinski definition) is 4. The second-order valence-corrected chi connectivity index (χ2v) is 5.44. The first-order valence-corrected chi connectivity index (χ1v) is 7.12. The van der Waals surface area contributed by atoms with E-state index in [1.165, 1.54) is 14.2 Å². The number of methoxy groups -OCH3 is 2. The number of aliphatic carboxylic acids is 1. The second-order valence-electron chi connectivity index (χ2n) is 5.44. The molecule has 122 valence electrons. The number of carboxylic acid groups (broad SMARTS) is 1. The number of benzene rings is 1. The lowest BCUT2D eigenvalue weighted by molar-refractivity contribution is -0.142. The van der Waals surface area contributed by atoms with E-state index in [4.69, 9.17) is 9.47 Å². The van der Waals surface area contributed by atoms with Crippen LogP contribution in [-0.4, -0.2) is 37.7 Å². The highest BCUT2D eigenvalue weighted by atomic mass is 16.5. The summed E-state index contributed by atoms with van der Waals surface area (Å²) in [4.78, 5) is 23.4. The van der Waals surface area contributed by atoms with Gasteiger partial charge in [0.2, 0.25) is 0 Å². The Hall–Kier alpha value is -2.24. The molecule has 0 spiro atoms. The number of rotatable bonds is 8. The van der Waals surface area contributed by atoms with Crippen molar-refractivity contribution in [1.29, 1.82) is 0 Å². The summed E-state index contributed by atoms with van der Waals surface area (Å²) in [5.41, 5.74) is 0.344. The van der Waals surface area contributed by atoms with Gasteiger partial charge in [0.25, 0.3) is 5.91 Å². The van der Waals surface area contributed by atoms with Gasteiger partial charge in [0.1, 0.15) is 11.5 Å². The van der Waals surface area contributed by atoms with Crippen LogP contribution in [0.2, 0.25) is 0 Å². The SMILES string of the molecule is COc1ccc(C(=O)NCC(CC(C)C)C(=O)O)c(OC)c1. The lowest BCUT2D eigenvalue weighted by Crippen LogP contribution is -2.33. The molecule has 0 saturated carbocycles. The molecular formula is C16H23NO5. The van der Waals surface area contributed by atoms with Gasteiger partial charge in [-0.3, -0.25) is 9.59 Å². The van der Waals surface area contributed by atoms with Gasteiger partial charge in [-0.25, -0.2) is 0 Å². The number of amides is 1. The largest absolute Gasteiger partial charge is 0.497 e. The number of nitrogens with one attached hydrogen (secondary N) is 1. The van der Waals surface area contributed by atoms with E-state index >= 15 is 0 Å². The lowest BCUT2D eigenvalue weighted by Gasteiger charge is -2.16. The van der Waals surface area contributed by atoms with Crippen LogP contribution in [0, 0.1) is 11.8 Å². The van der Waals surface area contributed by atoms with Gasteiger partial charge in [-0.15, -0.1) is 0 Å². The minimum atomic E-state index is -0.907. The third-order valence-electron chi connectivity index (χ3n) is 3.27. The molecule has 1 unspecified atom stereocenters. The number of carboxylic acids is 1. The molecule has 1 rings (SSSR count). The monoisotopic (exact) mass is 309 g/mol. The summed E-state index contributed by atoms with van der Waals surface area (Å²) < 4.78 is 10.2. The van der Waals surface area contributed by atoms with E-state index in [9.17, 15) is 14.7 Å². The summed E-state index contributed by atoms with van der Waals surface area (Å²) in [6, 6.07) is 4.85. The molecule has 0 aromatic heterocycles. The third-order valence-corrected chi connectivity index (χ3v) is 3.27. The Kier molecular flexibility index (Phi) is 6.69. The van der Waals surface area contributed by atoms with E-state index in [1.54, 1.807) is 18.2 Å². The van der Waals surface area contributed by atoms with E-state index in [2.05, 4.69) is 5.32 Å². The van der Waals surface area contributed by atoms with Gasteiger partial charge in [-0.1, -0.05) is 13.8 Å². The molecule has 0 aliphatic carbocycles. The summed E-state index contributed by atoms with van der Waals surface area (Å²) in [6.45, 7) is 3.98. The zero-order chi connectivity index (χ0) is 16.7. The zero-order valence-corrected chi connectivity index (χ0v) is 13.4. The smallest absolute Gasteiger partial charge is 0.308 e. The Labute approximate surface area is 130 Å². The third kappa shape index (κ3) is 4.95. The van der Waals surface area contributed by atoms with Crippen LogP contribution < -0.4 is 14.8 Å². The maximum absolute atomic E-state index is 12.2. The maximum atomic E-state index is 12.2. The van der Waals surface area contributed by atoms with Crippen LogP contribution in [-0.2, 0) is 4.79 Å². The van der Waals surface area contributed by atoms with E-state index in [-0.39, 0.29) is 18.4 Å². The Morgan fingerprint density at radius 3 is 2.41 bits per heavy atom. The van der Waals surface area contributed by atoms with Crippen LogP contribution in [0.3, 0.4) is 0 Å². The molecule has 0 radical (unpaired) electrons. The van der Waals surface area contributed by atoms with Gasteiger partial charge in [0, 0.05) is 12.6 Å². The second kappa shape index (κ2) is 8.26. The molecule has 1 aromatic carbocycles. The summed E-state index contributed by atoms with van der Waals surface area (Å²) in [5, 5.41) is 11.8. The summed E-state index contributed by atoms with van der Waals surface area (Å²) in [5.74, 6) is -0.670. The molecule has 6 heteroatoms. The molecule has 1 aromatic rings. The van der Waals surface area contributed by atoms with Crippen LogP contribution in [0.15, 0.2) is 18.2 Å². The van der Waals surface area contributed by atoms with Crippen molar-refractivity contribution in [2.24, 2.45) is 11.8 Å². The highest BCUT2D eigenvalue weighted by Gasteiger charge is 2.21. The summed E-state index contributed by atoms with van der Waals surface area (Å²) in [6.07, 6.45) is 0.509. The average Bonchev–Trinajstić information content (AvgIpc) is 2.49. The lowest BCUT2D eigenvalue weighted by atomic mass is 9.97. The maximum Gasteiger partial charge on any atom is 0.308 e. The van der Waals surface area contributed by atoms with Crippen LogP contribution in [0.25, 0.3) is 0 Å². The Bertz CT molecular complexity index is 527. The van der Waals surface area contributed by atoms with Crippen LogP contribution in [0.5, 0.6) is 11.5 Å². The van der Waals surface area contributed by atoms with Crippen molar-refractivity contribution in [1.82, 2.24) is 5.32 Å². The first kappa shape index (κ1) is 17.8. The molecule has 2 N–H and O–H groups in total. The topological polar surface area (TPSA) is 84.9 Å². The molecule has 0 heterocycles. The first-order valence-electron chi connectivity index (χ1n) is 7.12. The van der Waals surface area contributed by atoms with Crippen molar-refractivity contribution in [3.8, 4) is 11.5 Å². The average molecular weight is 309 g/mol. The van der Waals surface area contributed by atoms with Gasteiger partial charge < -0.3 is 19.9 Å². The van der Waals surface area contributed by atoms with Gasteiger partial charge in [-0.2, -0.15) is 0 Å². The van der Waals surface area contributed by atoms with Crippen molar-refractivity contribution in [3.05, 3.63) is 23.8 Å². The quantitative estimate of drug-likeness (QED) is 0.769. The normalized spacial score (nSPS) is 11.9. The Morgan fingerprint density at radius 2 is 1.91 bits per heavy atom. The molecule has 0 fully saturated rings. The van der Waals surface area contributed by atoms with Crippen LogP contribution >= 0.6 is 0 Å². The Balaban J connectivity index is 2.78. The molecule has 1 amide bonds. The standard InChI is InChI=1S/C16H23NO5/c1-10(2)7-11(16(19)20)9-17-15(18)13-6-5-12(21-3)8-14(13)22-4/h5-6,8,10-11H,7,9H2,1-4H3,(H,17,18)(H,19,20). The molecule has 0 saturated heterocycles. The van der Waals surface area contributed by atoms with Gasteiger partial charge >= 0.3 is 5.97 Å². The van der Waals surface area contributed by atoms with Crippen molar-refractivity contribution < 1.29 is 24.2 Å². The molecule has 0 aliphatic rings. The van der Waals surface area contributed by atoms with Crippen LogP contribution in [0.1, 0.15) is 30.6 Å². The highest BCUT2D eigenvalue weighted by molar-refractivity contribution is 5.97. The van der Waals surface area contributed by atoms with E-state index in [1.807, 2.05) is 13.8 Å². The number of hydrogen-bond donors (Lipinski definition) is 2. The van der Waals surface area contributed by atoms with Crippen molar-refractivity contribution in [2.45, 2.75) is 20.3 Å². The minimum absolute atomic E-state index is 0.0849. The fourth-order valence-corrected chi connectivity index (χ4v) is 2.14. The van der Waals surface area contributed by atoms with Crippen molar-refractivity contribution >= 4 is 11.9 Å². The number of ether oxygens (including phenoxy) is 2. The molecule has 1 atom stereocenters. The minimum Gasteiger partial charge on any atom is -0.497 e. The summed E-state index contributed by atoms with van der Waals surface area (Å²) >= 11 is 0. The Morgan fingerprint density at radius 1 is 1.23 bits per heavy atom. The zero-order valence-electron chi connectivity index (χ0n) is 13.4. The van der Waals surface area contributed by atoms with E-state index in [0.29, 0.717) is 23.5 Å². The first-order chi connectivity index (χ1) is 10.4.